The highest BCUT2D eigenvalue weighted by Crippen LogP contribution is 2.27. The third kappa shape index (κ3) is 8.12. The Balaban J connectivity index is 1.28. The van der Waals surface area contributed by atoms with Crippen LogP contribution in [0.3, 0.4) is 0 Å². The van der Waals surface area contributed by atoms with Gasteiger partial charge in [0.2, 0.25) is 5.95 Å². The van der Waals surface area contributed by atoms with Crippen LogP contribution in [-0.2, 0) is 0 Å². The third-order valence-electron chi connectivity index (χ3n) is 8.74. The summed E-state index contributed by atoms with van der Waals surface area (Å²) in [6.07, 6.45) is 7.46. The zero-order chi connectivity index (χ0) is 32.1. The SMILES string of the molecule is CN/C(=C\C(=N)C(C)(C)C)NC(=O)c1ccc(C)c(Nc2ncnc3cnc(N4CCN(CC5CCN(C)CC5)CC4)nc23)c1. The van der Waals surface area contributed by atoms with Gasteiger partial charge in [-0.05, 0) is 69.6 Å². The molecule has 0 bridgehead atoms. The number of hydrogen-bond donors (Lipinski definition) is 4. The zero-order valence-corrected chi connectivity index (χ0v) is 27.4. The molecule has 0 spiro atoms. The summed E-state index contributed by atoms with van der Waals surface area (Å²) in [7, 11) is 3.93. The molecule has 0 atom stereocenters. The highest BCUT2D eigenvalue weighted by atomic mass is 16.1. The van der Waals surface area contributed by atoms with Crippen molar-refractivity contribution in [3.05, 3.63) is 53.7 Å². The summed E-state index contributed by atoms with van der Waals surface area (Å²) >= 11 is 0. The number of anilines is 3. The molecule has 0 aliphatic carbocycles. The van der Waals surface area contributed by atoms with Crippen LogP contribution >= 0.6 is 0 Å². The Morgan fingerprint density at radius 3 is 2.49 bits per heavy atom. The van der Waals surface area contributed by atoms with Gasteiger partial charge in [0.1, 0.15) is 23.2 Å². The number of nitrogens with one attached hydrogen (secondary N) is 4. The maximum absolute atomic E-state index is 13.2. The highest BCUT2D eigenvalue weighted by Gasteiger charge is 2.24. The Morgan fingerprint density at radius 2 is 1.80 bits per heavy atom. The van der Waals surface area contributed by atoms with E-state index in [1.54, 1.807) is 31.5 Å². The molecule has 2 aliphatic rings. The van der Waals surface area contributed by atoms with Crippen LogP contribution in [0.1, 0.15) is 49.5 Å². The molecule has 2 saturated heterocycles. The smallest absolute Gasteiger partial charge is 0.256 e. The number of allylic oxidation sites excluding steroid dienone is 1. The molecule has 2 fully saturated rings. The van der Waals surface area contributed by atoms with E-state index in [0.717, 1.165) is 43.3 Å². The van der Waals surface area contributed by atoms with E-state index in [-0.39, 0.29) is 11.3 Å². The number of carbonyl (C=O) groups excluding carboxylic acids is 1. The quantitative estimate of drug-likeness (QED) is 0.264. The number of hydrogen-bond acceptors (Lipinski definition) is 11. The second-order valence-corrected chi connectivity index (χ2v) is 13.2. The zero-order valence-electron chi connectivity index (χ0n) is 27.4. The fourth-order valence-corrected chi connectivity index (χ4v) is 5.58. The Morgan fingerprint density at radius 1 is 1.07 bits per heavy atom. The average molecular weight is 614 g/mol. The Kier molecular flexibility index (Phi) is 9.93. The Bertz CT molecular complexity index is 1550. The molecular formula is C33H47N11O. The van der Waals surface area contributed by atoms with Gasteiger partial charge in [-0.25, -0.2) is 19.9 Å². The Labute approximate surface area is 266 Å². The lowest BCUT2D eigenvalue weighted by molar-refractivity contribution is 0.0963. The number of carbonyl (C=O) groups is 1. The van der Waals surface area contributed by atoms with Crippen LogP contribution in [0.5, 0.6) is 0 Å². The molecule has 3 aromatic rings. The number of piperidine rings is 1. The summed E-state index contributed by atoms with van der Waals surface area (Å²) in [6, 6.07) is 5.47. The molecule has 1 amide bonds. The number of aryl methyl sites for hydroxylation is 1. The standard InChI is InChI=1S/C33H47N11O/c1-22-7-8-24(31(45)40-28(35-5)18-27(34)33(2,3)4)17-25(22)39-30-29-26(37-21-38-30)19-36-32(41-29)44-15-13-43(14-16-44)20-23-9-11-42(6)12-10-23/h7-8,17-19,21,23,34-35H,9-16,20H2,1-6H3,(H,40,45)(H,37,38,39)/b28-18+,34-27?. The van der Waals surface area contributed by atoms with Crippen LogP contribution in [0.4, 0.5) is 17.5 Å². The lowest BCUT2D eigenvalue weighted by atomic mass is 9.90. The molecule has 240 valence electrons. The highest BCUT2D eigenvalue weighted by molar-refractivity contribution is 6.00. The third-order valence-corrected chi connectivity index (χ3v) is 8.74. The summed E-state index contributed by atoms with van der Waals surface area (Å²) in [5.74, 6) is 2.19. The van der Waals surface area contributed by atoms with Gasteiger partial charge in [-0.2, -0.15) is 0 Å². The van der Waals surface area contributed by atoms with Gasteiger partial charge in [-0.15, -0.1) is 0 Å². The van der Waals surface area contributed by atoms with Crippen LogP contribution in [0.2, 0.25) is 0 Å². The van der Waals surface area contributed by atoms with Crippen molar-refractivity contribution in [3.63, 3.8) is 0 Å². The molecule has 5 rings (SSSR count). The number of nitrogens with zero attached hydrogens (tertiary/aromatic N) is 7. The Hall–Kier alpha value is -4.16. The van der Waals surface area contributed by atoms with E-state index in [1.807, 2.05) is 33.8 Å². The van der Waals surface area contributed by atoms with Gasteiger partial charge in [0, 0.05) is 62.1 Å². The van der Waals surface area contributed by atoms with Crippen LogP contribution in [0.25, 0.3) is 11.0 Å². The van der Waals surface area contributed by atoms with Crippen LogP contribution in [-0.4, -0.2) is 101 Å². The van der Waals surface area contributed by atoms with E-state index in [4.69, 9.17) is 10.4 Å². The number of amides is 1. The molecule has 2 aromatic heterocycles. The number of benzene rings is 1. The molecule has 2 aliphatic heterocycles. The number of aromatic nitrogens is 4. The van der Waals surface area contributed by atoms with Crippen molar-refractivity contribution in [2.75, 3.05) is 70.1 Å². The van der Waals surface area contributed by atoms with Crippen molar-refractivity contribution in [2.24, 2.45) is 11.3 Å². The number of rotatable bonds is 9. The molecule has 1 aromatic carbocycles. The van der Waals surface area contributed by atoms with E-state index in [1.165, 1.54) is 38.8 Å². The number of piperazine rings is 1. The molecular weight excluding hydrogens is 566 g/mol. The molecule has 4 N–H and O–H groups in total. The van der Waals surface area contributed by atoms with E-state index >= 15 is 0 Å². The molecule has 0 radical (unpaired) electrons. The van der Waals surface area contributed by atoms with E-state index in [2.05, 4.69) is 52.6 Å². The maximum Gasteiger partial charge on any atom is 0.256 e. The average Bonchev–Trinajstić information content (AvgIpc) is 3.02. The second-order valence-electron chi connectivity index (χ2n) is 13.2. The first kappa shape index (κ1) is 32.2. The van der Waals surface area contributed by atoms with Gasteiger partial charge in [0.25, 0.3) is 5.91 Å². The van der Waals surface area contributed by atoms with Gasteiger partial charge >= 0.3 is 0 Å². The van der Waals surface area contributed by atoms with Crippen molar-refractivity contribution >= 4 is 40.1 Å². The van der Waals surface area contributed by atoms with Gasteiger partial charge < -0.3 is 31.2 Å². The minimum Gasteiger partial charge on any atom is -0.375 e. The van der Waals surface area contributed by atoms with Crippen LogP contribution < -0.4 is 20.9 Å². The molecule has 12 nitrogen and oxygen atoms in total. The first-order valence-electron chi connectivity index (χ1n) is 15.8. The molecule has 4 heterocycles. The summed E-state index contributed by atoms with van der Waals surface area (Å²) in [4.78, 5) is 38.9. The topological polar surface area (TPSA) is 138 Å². The van der Waals surface area contributed by atoms with Crippen molar-refractivity contribution in [3.8, 4) is 0 Å². The van der Waals surface area contributed by atoms with Crippen molar-refractivity contribution < 1.29 is 4.79 Å². The lowest BCUT2D eigenvalue weighted by Crippen LogP contribution is -2.49. The predicted octanol–water partition coefficient (Wildman–Crippen LogP) is 3.79. The lowest BCUT2D eigenvalue weighted by Gasteiger charge is -2.38. The fourth-order valence-electron chi connectivity index (χ4n) is 5.58. The van der Waals surface area contributed by atoms with E-state index < -0.39 is 0 Å². The van der Waals surface area contributed by atoms with Gasteiger partial charge in [0.05, 0.1) is 6.20 Å². The van der Waals surface area contributed by atoms with Crippen molar-refractivity contribution in [1.82, 2.24) is 40.4 Å². The molecule has 12 heteroatoms. The van der Waals surface area contributed by atoms with Gasteiger partial charge in [-0.1, -0.05) is 26.8 Å². The number of likely N-dealkylation sites (tertiary alicyclic amines) is 1. The van der Waals surface area contributed by atoms with Gasteiger partial charge in [0.15, 0.2) is 5.82 Å². The normalized spacial score (nSPS) is 17.4. The fraction of sp³-hybridized carbons (Fsp3) is 0.515. The van der Waals surface area contributed by atoms with Crippen LogP contribution in [0, 0.1) is 23.7 Å². The van der Waals surface area contributed by atoms with E-state index in [0.29, 0.717) is 39.9 Å². The second kappa shape index (κ2) is 13.9. The van der Waals surface area contributed by atoms with E-state index in [9.17, 15) is 4.79 Å². The monoisotopic (exact) mass is 613 g/mol. The van der Waals surface area contributed by atoms with Crippen molar-refractivity contribution in [1.29, 1.82) is 5.41 Å². The first-order valence-corrected chi connectivity index (χ1v) is 15.8. The van der Waals surface area contributed by atoms with Gasteiger partial charge in [-0.3, -0.25) is 9.69 Å². The predicted molar refractivity (Wildman–Crippen MR) is 180 cm³/mol. The molecule has 0 unspecified atom stereocenters. The molecule has 45 heavy (non-hydrogen) atoms. The minimum absolute atomic E-state index is 0.285. The summed E-state index contributed by atoms with van der Waals surface area (Å²) < 4.78 is 0. The summed E-state index contributed by atoms with van der Waals surface area (Å²) in [6.45, 7) is 15.2. The largest absolute Gasteiger partial charge is 0.375 e. The molecule has 0 saturated carbocycles. The van der Waals surface area contributed by atoms with Crippen LogP contribution in [0.15, 0.2) is 42.6 Å². The summed E-state index contributed by atoms with van der Waals surface area (Å²) in [5.41, 5.74) is 3.51. The maximum atomic E-state index is 13.2. The first-order chi connectivity index (χ1) is 21.5. The number of fused-ring (bicyclic) bond motifs is 1. The minimum atomic E-state index is -0.335. The summed E-state index contributed by atoms with van der Waals surface area (Å²) in [5, 5.41) is 17.6. The van der Waals surface area contributed by atoms with Crippen molar-refractivity contribution in [2.45, 2.75) is 40.5 Å².